The average Bonchev–Trinajstić information content (AvgIpc) is 2.74. The number of hydrogen-bond acceptors (Lipinski definition) is 6. The molecule has 0 aromatic heterocycles. The molecule has 0 amide bonds. The van der Waals surface area contributed by atoms with Crippen molar-refractivity contribution < 1.29 is 9.53 Å². The summed E-state index contributed by atoms with van der Waals surface area (Å²) >= 11 is 3.84. The minimum atomic E-state index is -0.252. The molecule has 0 aromatic carbocycles. The van der Waals surface area contributed by atoms with Gasteiger partial charge in [-0.15, -0.1) is 23.5 Å². The van der Waals surface area contributed by atoms with Gasteiger partial charge in [0.2, 0.25) is 0 Å². The van der Waals surface area contributed by atoms with Crippen LogP contribution in [0.3, 0.4) is 0 Å². The molecule has 6 heteroatoms. The predicted molar refractivity (Wildman–Crippen MR) is 59.0 cm³/mol. The molecule has 2 heterocycles. The second-order valence-corrected chi connectivity index (χ2v) is 6.74. The van der Waals surface area contributed by atoms with E-state index in [2.05, 4.69) is 0 Å². The smallest absolute Gasteiger partial charge is 0.324 e. The van der Waals surface area contributed by atoms with Crippen molar-refractivity contribution in [3.8, 4) is 0 Å². The minimum absolute atomic E-state index is 0.146. The highest BCUT2D eigenvalue weighted by Gasteiger charge is 2.49. The Morgan fingerprint density at radius 1 is 1.57 bits per heavy atom. The van der Waals surface area contributed by atoms with Crippen molar-refractivity contribution in [2.75, 3.05) is 25.2 Å². The highest BCUT2D eigenvalue weighted by Crippen LogP contribution is 2.51. The molecular formula is C8H14N2O2S2. The van der Waals surface area contributed by atoms with Gasteiger partial charge in [0.15, 0.2) is 0 Å². The van der Waals surface area contributed by atoms with E-state index in [-0.39, 0.29) is 16.1 Å². The zero-order valence-electron chi connectivity index (χ0n) is 8.06. The average molecular weight is 234 g/mol. The number of methoxy groups -OCH3 is 1. The van der Waals surface area contributed by atoms with Gasteiger partial charge >= 0.3 is 5.97 Å². The second-order valence-electron chi connectivity index (χ2n) is 3.52. The third-order valence-corrected chi connectivity index (χ3v) is 6.04. The van der Waals surface area contributed by atoms with Crippen LogP contribution in [0.15, 0.2) is 0 Å². The van der Waals surface area contributed by atoms with Crippen molar-refractivity contribution in [2.24, 2.45) is 5.84 Å². The Morgan fingerprint density at radius 3 is 2.79 bits per heavy atom. The van der Waals surface area contributed by atoms with Crippen LogP contribution >= 0.6 is 23.5 Å². The van der Waals surface area contributed by atoms with E-state index < -0.39 is 0 Å². The quantitative estimate of drug-likeness (QED) is 0.520. The Morgan fingerprint density at radius 2 is 2.21 bits per heavy atom. The number of nitrogens with zero attached hydrogens (tertiary/aromatic N) is 1. The number of carbonyl (C=O) groups excluding carboxylic acids is 1. The number of nitrogens with two attached hydrogens (primary N) is 1. The Balaban J connectivity index is 2.06. The molecule has 1 spiro atoms. The third kappa shape index (κ3) is 1.76. The Kier molecular flexibility index (Phi) is 2.97. The highest BCUT2D eigenvalue weighted by molar-refractivity contribution is 8.21. The zero-order valence-corrected chi connectivity index (χ0v) is 9.70. The van der Waals surface area contributed by atoms with Crippen molar-refractivity contribution in [1.29, 1.82) is 0 Å². The molecule has 2 aliphatic heterocycles. The predicted octanol–water partition coefficient (Wildman–Crippen LogP) is 0.284. The minimum Gasteiger partial charge on any atom is -0.468 e. The SMILES string of the molecule is COC(=O)C1CC2(CN1N)SCCS2. The summed E-state index contributed by atoms with van der Waals surface area (Å²) in [6.45, 7) is 0.780. The lowest BCUT2D eigenvalue weighted by molar-refractivity contribution is -0.145. The maximum Gasteiger partial charge on any atom is 0.324 e. The normalized spacial score (nSPS) is 31.1. The first kappa shape index (κ1) is 10.6. The fourth-order valence-corrected chi connectivity index (χ4v) is 5.20. The molecule has 80 valence electrons. The van der Waals surface area contributed by atoms with Crippen LogP contribution < -0.4 is 5.84 Å². The lowest BCUT2D eigenvalue weighted by atomic mass is 10.2. The van der Waals surface area contributed by atoms with Gasteiger partial charge in [-0.2, -0.15) is 0 Å². The summed E-state index contributed by atoms with van der Waals surface area (Å²) in [5, 5.41) is 1.62. The van der Waals surface area contributed by atoms with E-state index in [9.17, 15) is 4.79 Å². The molecule has 2 N–H and O–H groups in total. The van der Waals surface area contributed by atoms with Crippen LogP contribution in [0.1, 0.15) is 6.42 Å². The first-order valence-corrected chi connectivity index (χ1v) is 6.51. The third-order valence-electron chi connectivity index (χ3n) is 2.61. The molecule has 1 atom stereocenters. The van der Waals surface area contributed by atoms with Crippen LogP contribution in [0, 0.1) is 0 Å². The molecule has 0 aromatic rings. The summed E-state index contributed by atoms with van der Waals surface area (Å²) in [7, 11) is 1.41. The molecule has 0 saturated carbocycles. The molecule has 2 rings (SSSR count). The molecule has 2 saturated heterocycles. The van der Waals surface area contributed by atoms with Crippen LogP contribution in [0.5, 0.6) is 0 Å². The first-order valence-electron chi connectivity index (χ1n) is 4.54. The largest absolute Gasteiger partial charge is 0.468 e. The highest BCUT2D eigenvalue weighted by atomic mass is 32.2. The van der Waals surface area contributed by atoms with E-state index in [0.29, 0.717) is 0 Å². The first-order chi connectivity index (χ1) is 6.67. The van der Waals surface area contributed by atoms with Crippen LogP contribution in [0.25, 0.3) is 0 Å². The summed E-state index contributed by atoms with van der Waals surface area (Å²) in [5.74, 6) is 7.92. The number of rotatable bonds is 1. The zero-order chi connectivity index (χ0) is 10.2. The van der Waals surface area contributed by atoms with Gasteiger partial charge in [-0.25, -0.2) is 5.01 Å². The molecule has 2 fully saturated rings. The second kappa shape index (κ2) is 3.92. The number of hydrazine groups is 1. The Labute approximate surface area is 91.9 Å². The van der Waals surface area contributed by atoms with E-state index in [1.807, 2.05) is 23.5 Å². The monoisotopic (exact) mass is 234 g/mol. The molecule has 0 bridgehead atoms. The number of ether oxygens (including phenoxy) is 1. The van der Waals surface area contributed by atoms with Gasteiger partial charge in [-0.05, 0) is 0 Å². The van der Waals surface area contributed by atoms with Gasteiger partial charge in [-0.3, -0.25) is 10.6 Å². The fraction of sp³-hybridized carbons (Fsp3) is 0.875. The summed E-state index contributed by atoms with van der Waals surface area (Å²) in [6.07, 6.45) is 0.811. The number of hydrogen-bond donors (Lipinski definition) is 1. The van der Waals surface area contributed by atoms with Gasteiger partial charge in [0.25, 0.3) is 0 Å². The Hall–Kier alpha value is 0.0900. The standard InChI is InChI=1S/C8H14N2O2S2/c1-12-7(11)6-4-8(5-10(6)9)13-2-3-14-8/h6H,2-5,9H2,1H3. The molecule has 1 unspecified atom stereocenters. The molecular weight excluding hydrogens is 220 g/mol. The summed E-state index contributed by atoms with van der Waals surface area (Å²) < 4.78 is 4.87. The van der Waals surface area contributed by atoms with E-state index in [1.165, 1.54) is 7.11 Å². The van der Waals surface area contributed by atoms with Gasteiger partial charge in [0, 0.05) is 24.5 Å². The van der Waals surface area contributed by atoms with Gasteiger partial charge in [0.1, 0.15) is 6.04 Å². The Bertz CT molecular complexity index is 243. The van der Waals surface area contributed by atoms with E-state index >= 15 is 0 Å². The maximum absolute atomic E-state index is 11.4. The van der Waals surface area contributed by atoms with Gasteiger partial charge in [-0.1, -0.05) is 0 Å². The van der Waals surface area contributed by atoms with Gasteiger partial charge < -0.3 is 4.74 Å². The van der Waals surface area contributed by atoms with Crippen molar-refractivity contribution in [3.05, 3.63) is 0 Å². The van der Waals surface area contributed by atoms with Crippen LogP contribution in [-0.4, -0.2) is 46.3 Å². The van der Waals surface area contributed by atoms with Crippen molar-refractivity contribution in [3.63, 3.8) is 0 Å². The van der Waals surface area contributed by atoms with E-state index in [4.69, 9.17) is 10.6 Å². The number of thioether (sulfide) groups is 2. The maximum atomic E-state index is 11.4. The molecule has 4 nitrogen and oxygen atoms in total. The van der Waals surface area contributed by atoms with Crippen LogP contribution in [0.4, 0.5) is 0 Å². The number of esters is 1. The van der Waals surface area contributed by atoms with Crippen LogP contribution in [-0.2, 0) is 9.53 Å². The summed E-state index contributed by atoms with van der Waals surface area (Å²) in [4.78, 5) is 11.4. The van der Waals surface area contributed by atoms with Crippen LogP contribution in [0.2, 0.25) is 0 Å². The van der Waals surface area contributed by atoms with E-state index in [0.717, 1.165) is 24.5 Å². The lowest BCUT2D eigenvalue weighted by Crippen LogP contribution is -2.41. The van der Waals surface area contributed by atoms with Crippen molar-refractivity contribution in [2.45, 2.75) is 16.5 Å². The van der Waals surface area contributed by atoms with Crippen molar-refractivity contribution >= 4 is 29.5 Å². The fourth-order valence-electron chi connectivity index (χ4n) is 1.93. The molecule has 0 aliphatic carbocycles. The number of carbonyl (C=O) groups is 1. The van der Waals surface area contributed by atoms with E-state index in [1.54, 1.807) is 5.01 Å². The topological polar surface area (TPSA) is 55.6 Å². The van der Waals surface area contributed by atoms with Gasteiger partial charge in [0.05, 0.1) is 11.2 Å². The summed E-state index contributed by atoms with van der Waals surface area (Å²) in [6, 6.07) is -0.252. The molecule has 14 heavy (non-hydrogen) atoms. The van der Waals surface area contributed by atoms with Crippen molar-refractivity contribution in [1.82, 2.24) is 5.01 Å². The molecule has 2 aliphatic rings. The lowest BCUT2D eigenvalue weighted by Gasteiger charge is -2.19. The summed E-state index contributed by atoms with van der Waals surface area (Å²) in [5.41, 5.74) is 0. The molecule has 0 radical (unpaired) electrons.